The number of hydrogen-bond acceptors (Lipinski definition) is 2. The van der Waals surface area contributed by atoms with E-state index in [1.165, 1.54) is 5.56 Å². The third-order valence-corrected chi connectivity index (χ3v) is 10.2. The standard InChI is InChI=1S/C19H3BF15.C7H8S.C7H6S.4C5H5.2Zr/c1-20(2-5(21)11(27)17(33)12(28)6(2)22,3-7(23)13(29)18(34)14(30)8(3)24)4-9(25)15(31)19(35)16(32)10(4)26;2*8-6-7-4-2-1-3-5-7;4*1-2-4-5-3-1;;/h1H3;1-5,8H,6H2;1-6H;4*1-5H;;/q-1;;-2;;;;;2*+4/p-1. The van der Waals surface area contributed by atoms with Gasteiger partial charge in [-0.15, -0.1) is 28.5 Å². The third kappa shape index (κ3) is 19.5. The van der Waals surface area contributed by atoms with E-state index < -0.39 is 110 Å². The molecule has 5 aromatic carbocycles. The second-order valence-electron chi connectivity index (χ2n) is 14.3. The average Bonchev–Trinajstić information content (AvgIpc) is 4.27. The molecule has 0 saturated heterocycles. The molecule has 20 radical (unpaired) electrons. The Morgan fingerprint density at radius 1 is 0.315 bits per heavy atom. The predicted molar refractivity (Wildman–Crippen MR) is 250 cm³/mol. The Morgan fingerprint density at radius 3 is 0.644 bits per heavy atom. The SMILES string of the molecule is C[B-](c1c(F)c(F)c(F)c(F)c1F)(c1c(F)c(F)c(F)c(F)c1F)c1c(F)c(F)c(F)c(F)c1F.[CH]1[CH][CH][CH][CH]1.[CH]1[CH][CH][CH][CH]1.[CH]1[CH][CH][CH][CH]1.[CH]1[CH][CH][CH][CH]1.[S-]Cc1ccccc1.[S-][CH-]c1ccccc1.[Zr+4].[Zr+4]. The van der Waals surface area contributed by atoms with Crippen LogP contribution in [0.5, 0.6) is 0 Å². The van der Waals surface area contributed by atoms with E-state index >= 15 is 0 Å². The fourth-order valence-corrected chi connectivity index (χ4v) is 6.56. The fraction of sp³-hybridized carbons (Fsp3) is 0.0377. The van der Waals surface area contributed by atoms with Crippen LogP contribution in [0.2, 0.25) is 6.82 Å². The maximum Gasteiger partial charge on any atom is 4.00 e. The van der Waals surface area contributed by atoms with Gasteiger partial charge in [-0.1, -0.05) is 42.0 Å². The van der Waals surface area contributed by atoms with Crippen LogP contribution in [0.4, 0.5) is 65.9 Å². The quantitative estimate of drug-likeness (QED) is 0.0430. The van der Waals surface area contributed by atoms with Crippen molar-refractivity contribution in [3.63, 3.8) is 0 Å². The van der Waals surface area contributed by atoms with E-state index in [0.717, 1.165) is 11.3 Å². The molecule has 0 N–H and O–H groups in total. The van der Waals surface area contributed by atoms with E-state index in [9.17, 15) is 65.9 Å². The number of halogens is 15. The summed E-state index contributed by atoms with van der Waals surface area (Å²) in [6, 6.07) is 19.9. The van der Waals surface area contributed by atoms with Gasteiger partial charge in [0.1, 0.15) is 41.0 Å². The third-order valence-electron chi connectivity index (χ3n) is 9.63. The summed E-state index contributed by atoms with van der Waals surface area (Å²) >= 11 is 9.51. The minimum Gasteiger partial charge on any atom is -0.847 e. The summed E-state index contributed by atoms with van der Waals surface area (Å²) in [6.07, 6.45) is 34.6. The summed E-state index contributed by atoms with van der Waals surface area (Å²) in [7, 11) is 0. The molecular formula is C53H36BF15S2Zr2+4. The van der Waals surface area contributed by atoms with Gasteiger partial charge in [0.2, 0.25) is 0 Å². The van der Waals surface area contributed by atoms with Crippen molar-refractivity contribution in [2.45, 2.75) is 12.6 Å². The van der Waals surface area contributed by atoms with Gasteiger partial charge in [-0.2, -0.15) is 24.7 Å². The van der Waals surface area contributed by atoms with Gasteiger partial charge < -0.3 is 31.0 Å². The summed E-state index contributed by atoms with van der Waals surface area (Å²) in [5.74, 6) is -42.7. The Labute approximate surface area is 468 Å². The molecule has 20 heteroatoms. The zero-order chi connectivity index (χ0) is 52.7. The van der Waals surface area contributed by atoms with Crippen LogP contribution in [-0.2, 0) is 83.4 Å². The normalized spacial score (nSPS) is 14.3. The van der Waals surface area contributed by atoms with Crippen LogP contribution >= 0.6 is 0 Å². The van der Waals surface area contributed by atoms with Crippen LogP contribution in [0, 0.1) is 221 Å². The van der Waals surface area contributed by atoms with E-state index in [-0.39, 0.29) is 59.2 Å². The Kier molecular flexibility index (Phi) is 33.5. The molecule has 0 heterocycles. The van der Waals surface area contributed by atoms with Gasteiger partial charge in [0.05, 0.1) is 0 Å². The zero-order valence-electron chi connectivity index (χ0n) is 37.7. The van der Waals surface area contributed by atoms with Gasteiger partial charge in [-0.3, -0.25) is 0 Å². The first kappa shape index (κ1) is 68.5. The van der Waals surface area contributed by atoms with Crippen LogP contribution in [0.15, 0.2) is 60.7 Å². The molecule has 4 aliphatic carbocycles. The average molecular weight is 1220 g/mol. The zero-order valence-corrected chi connectivity index (χ0v) is 44.2. The summed E-state index contributed by atoms with van der Waals surface area (Å²) in [5, 5.41) is 0. The van der Waals surface area contributed by atoms with E-state index in [1.54, 1.807) is 5.75 Å². The van der Waals surface area contributed by atoms with Crippen molar-refractivity contribution >= 4 is 47.8 Å². The molecule has 9 rings (SSSR count). The minimum atomic E-state index is -5.41. The van der Waals surface area contributed by atoms with Crippen molar-refractivity contribution in [2.75, 3.05) is 0 Å². The van der Waals surface area contributed by atoms with E-state index in [2.05, 4.69) is 0 Å². The Morgan fingerprint density at radius 2 is 0.493 bits per heavy atom. The molecule has 0 aromatic heterocycles. The van der Waals surface area contributed by atoms with Crippen molar-refractivity contribution in [1.82, 2.24) is 0 Å². The fourth-order valence-electron chi connectivity index (χ4n) is 6.21. The molecule has 0 atom stereocenters. The summed E-state index contributed by atoms with van der Waals surface area (Å²) in [4.78, 5) is 0. The van der Waals surface area contributed by atoms with Crippen LogP contribution < -0.4 is 16.4 Å². The maximum atomic E-state index is 14.6. The van der Waals surface area contributed by atoms with E-state index in [4.69, 9.17) is 25.3 Å². The van der Waals surface area contributed by atoms with E-state index in [0.29, 0.717) is 0 Å². The molecule has 372 valence electrons. The molecule has 4 aliphatic rings. The summed E-state index contributed by atoms with van der Waals surface area (Å²) in [5.41, 5.74) is -5.57. The molecule has 73 heavy (non-hydrogen) atoms. The van der Waals surface area contributed by atoms with Gasteiger partial charge in [0.15, 0.2) is 52.4 Å². The molecule has 4 fully saturated rings. The van der Waals surface area contributed by atoms with Crippen molar-refractivity contribution < 1.29 is 118 Å². The molecule has 5 aromatic rings. The Balaban J connectivity index is 0.000000553. The smallest absolute Gasteiger partial charge is 0.847 e. The molecule has 0 bridgehead atoms. The van der Waals surface area contributed by atoms with Crippen LogP contribution in [0.25, 0.3) is 0 Å². The summed E-state index contributed by atoms with van der Waals surface area (Å²) in [6.45, 7) is -0.213. The van der Waals surface area contributed by atoms with Crippen molar-refractivity contribution in [3.05, 3.63) is 293 Å². The monoisotopic (exact) mass is 1210 g/mol. The van der Waals surface area contributed by atoms with Crippen LogP contribution in [-0.4, -0.2) is 6.15 Å². The number of benzene rings is 5. The van der Waals surface area contributed by atoms with Crippen molar-refractivity contribution in [3.8, 4) is 0 Å². The predicted octanol–water partition coefficient (Wildman–Crippen LogP) is 12.4. The maximum absolute atomic E-state index is 14.6. The molecule has 0 spiro atoms. The topological polar surface area (TPSA) is 0 Å². The molecular weight excluding hydrogens is 1180 g/mol. The second-order valence-corrected chi connectivity index (χ2v) is 14.8. The summed E-state index contributed by atoms with van der Waals surface area (Å²) < 4.78 is 212. The molecule has 0 amide bonds. The van der Waals surface area contributed by atoms with Gasteiger partial charge in [0, 0.05) is 0 Å². The van der Waals surface area contributed by atoms with Gasteiger partial charge in [-0.25, -0.2) is 71.4 Å². The molecule has 4 saturated carbocycles. The Hall–Kier alpha value is -2.55. The first-order valence-electron chi connectivity index (χ1n) is 20.4. The van der Waals surface area contributed by atoms with E-state index in [1.807, 2.05) is 189 Å². The van der Waals surface area contributed by atoms with Crippen molar-refractivity contribution in [1.29, 1.82) is 0 Å². The number of rotatable bonds is 5. The van der Waals surface area contributed by atoms with Gasteiger partial charge in [-0.05, 0) is 128 Å². The number of hydrogen-bond donors (Lipinski definition) is 0. The first-order chi connectivity index (χ1) is 33.9. The largest absolute Gasteiger partial charge is 4.00 e. The van der Waals surface area contributed by atoms with Gasteiger partial charge in [0.25, 0.3) is 0 Å². The van der Waals surface area contributed by atoms with Crippen LogP contribution in [0.1, 0.15) is 11.1 Å². The van der Waals surface area contributed by atoms with Crippen LogP contribution in [0.3, 0.4) is 0 Å². The molecule has 0 nitrogen and oxygen atoms in total. The second kappa shape index (κ2) is 35.7. The molecule has 0 aliphatic heterocycles. The van der Waals surface area contributed by atoms with Crippen molar-refractivity contribution in [2.24, 2.45) is 0 Å². The first-order valence-corrected chi connectivity index (χ1v) is 21.5. The minimum absolute atomic E-state index is 0. The molecule has 0 unspecified atom stereocenters. The Bertz CT molecular complexity index is 2040. The van der Waals surface area contributed by atoms with Gasteiger partial charge >= 0.3 is 52.4 Å².